The van der Waals surface area contributed by atoms with Crippen LogP contribution < -0.4 is 0 Å². The van der Waals surface area contributed by atoms with Crippen molar-refractivity contribution in [3.05, 3.63) is 70.3 Å². The lowest BCUT2D eigenvalue weighted by molar-refractivity contribution is 0.682. The minimum Gasteiger partial charge on any atom is -0.259 e. The standard InChI is InChI=1S/C17H17NOS/c1-13-6-14(2)8-17(7-13)12-20(19)11-16-5-3-4-15(9-16)10-18/h3-9H,11-12H2,1-2H3. The first-order valence-corrected chi connectivity index (χ1v) is 7.97. The highest BCUT2D eigenvalue weighted by Crippen LogP contribution is 2.14. The predicted molar refractivity (Wildman–Crippen MR) is 82.6 cm³/mol. The SMILES string of the molecule is Cc1cc(C)cc(CS(=O)Cc2cccc(C#N)c2)c1. The molecule has 0 fully saturated rings. The summed E-state index contributed by atoms with van der Waals surface area (Å²) in [5.41, 5.74) is 5.07. The minimum absolute atomic E-state index is 0.489. The van der Waals surface area contributed by atoms with Crippen LogP contribution in [0.2, 0.25) is 0 Å². The zero-order chi connectivity index (χ0) is 14.5. The van der Waals surface area contributed by atoms with Crippen LogP contribution in [0.15, 0.2) is 42.5 Å². The molecule has 0 radical (unpaired) electrons. The van der Waals surface area contributed by atoms with Crippen LogP contribution in [0.4, 0.5) is 0 Å². The summed E-state index contributed by atoms with van der Waals surface area (Å²) in [6.07, 6.45) is 0. The number of hydrogen-bond acceptors (Lipinski definition) is 2. The highest BCUT2D eigenvalue weighted by molar-refractivity contribution is 7.83. The molecule has 20 heavy (non-hydrogen) atoms. The maximum Gasteiger partial charge on any atom is 0.0991 e. The third-order valence-corrected chi connectivity index (χ3v) is 4.30. The number of nitriles is 1. The van der Waals surface area contributed by atoms with Crippen LogP contribution in [0.1, 0.15) is 27.8 Å². The van der Waals surface area contributed by atoms with Crippen LogP contribution in [-0.2, 0) is 22.3 Å². The molecule has 2 aromatic rings. The van der Waals surface area contributed by atoms with Gasteiger partial charge in [0.15, 0.2) is 0 Å². The van der Waals surface area contributed by atoms with Crippen molar-refractivity contribution < 1.29 is 4.21 Å². The Bertz CT molecular complexity index is 665. The normalized spacial score (nSPS) is 11.8. The molecule has 2 aromatic carbocycles. The Hall–Kier alpha value is -1.92. The Morgan fingerprint density at radius 1 is 1.00 bits per heavy atom. The molecule has 0 saturated carbocycles. The number of aryl methyl sites for hydroxylation is 2. The van der Waals surface area contributed by atoms with Gasteiger partial charge in [-0.05, 0) is 37.1 Å². The second-order valence-electron chi connectivity index (χ2n) is 5.04. The molecule has 102 valence electrons. The van der Waals surface area contributed by atoms with E-state index >= 15 is 0 Å². The summed E-state index contributed by atoms with van der Waals surface area (Å²) in [5, 5.41) is 8.87. The zero-order valence-corrected chi connectivity index (χ0v) is 12.5. The predicted octanol–water partition coefficient (Wildman–Crippen LogP) is 3.62. The van der Waals surface area contributed by atoms with Crippen molar-refractivity contribution in [1.29, 1.82) is 5.26 Å². The van der Waals surface area contributed by atoms with Gasteiger partial charge in [0.1, 0.15) is 0 Å². The number of hydrogen-bond donors (Lipinski definition) is 0. The van der Waals surface area contributed by atoms with Gasteiger partial charge in [-0.1, -0.05) is 41.5 Å². The van der Waals surface area contributed by atoms with Gasteiger partial charge in [-0.2, -0.15) is 5.26 Å². The maximum absolute atomic E-state index is 12.2. The Morgan fingerprint density at radius 3 is 2.30 bits per heavy atom. The molecule has 0 N–H and O–H groups in total. The molecule has 0 bridgehead atoms. The summed E-state index contributed by atoms with van der Waals surface area (Å²) in [4.78, 5) is 0. The van der Waals surface area contributed by atoms with E-state index < -0.39 is 10.8 Å². The topological polar surface area (TPSA) is 40.9 Å². The van der Waals surface area contributed by atoms with E-state index in [0.29, 0.717) is 17.1 Å². The summed E-state index contributed by atoms with van der Waals surface area (Å²) in [5.74, 6) is 1.04. The van der Waals surface area contributed by atoms with Gasteiger partial charge in [0.2, 0.25) is 0 Å². The Kier molecular flexibility index (Phi) is 4.70. The molecule has 0 heterocycles. The van der Waals surface area contributed by atoms with E-state index in [1.54, 1.807) is 12.1 Å². The lowest BCUT2D eigenvalue weighted by Crippen LogP contribution is -2.00. The van der Waals surface area contributed by atoms with E-state index in [4.69, 9.17) is 5.26 Å². The van der Waals surface area contributed by atoms with Crippen LogP contribution in [0.25, 0.3) is 0 Å². The molecule has 2 nitrogen and oxygen atoms in total. The highest BCUT2D eigenvalue weighted by Gasteiger charge is 2.05. The van der Waals surface area contributed by atoms with Gasteiger partial charge in [0.05, 0.1) is 11.6 Å². The highest BCUT2D eigenvalue weighted by atomic mass is 32.2. The average molecular weight is 283 g/mol. The number of benzene rings is 2. The number of nitrogens with zero attached hydrogens (tertiary/aromatic N) is 1. The number of rotatable bonds is 4. The van der Waals surface area contributed by atoms with E-state index in [2.05, 4.69) is 38.1 Å². The van der Waals surface area contributed by atoms with Gasteiger partial charge in [-0.25, -0.2) is 0 Å². The molecular weight excluding hydrogens is 266 g/mol. The summed E-state index contributed by atoms with van der Waals surface area (Å²) in [6.45, 7) is 4.10. The van der Waals surface area contributed by atoms with Crippen LogP contribution in [-0.4, -0.2) is 4.21 Å². The molecule has 3 heteroatoms. The fourth-order valence-electron chi connectivity index (χ4n) is 2.31. The Balaban J connectivity index is 2.07. The third-order valence-electron chi connectivity index (χ3n) is 2.99. The molecule has 2 rings (SSSR count). The van der Waals surface area contributed by atoms with E-state index in [0.717, 1.165) is 11.1 Å². The van der Waals surface area contributed by atoms with Gasteiger partial charge >= 0.3 is 0 Å². The molecule has 0 aliphatic rings. The van der Waals surface area contributed by atoms with Gasteiger partial charge in [-0.15, -0.1) is 0 Å². The molecule has 0 aliphatic heterocycles. The van der Waals surface area contributed by atoms with Crippen molar-refractivity contribution in [3.8, 4) is 6.07 Å². The fourth-order valence-corrected chi connectivity index (χ4v) is 3.50. The Morgan fingerprint density at radius 2 is 1.65 bits per heavy atom. The average Bonchev–Trinajstić information content (AvgIpc) is 2.37. The molecule has 1 atom stereocenters. The molecule has 1 unspecified atom stereocenters. The van der Waals surface area contributed by atoms with Crippen molar-refractivity contribution in [2.75, 3.05) is 0 Å². The monoisotopic (exact) mass is 283 g/mol. The Labute approximate surface area is 122 Å². The van der Waals surface area contributed by atoms with Gasteiger partial charge in [0.25, 0.3) is 0 Å². The van der Waals surface area contributed by atoms with Crippen molar-refractivity contribution >= 4 is 10.8 Å². The first-order chi connectivity index (χ1) is 9.56. The quantitative estimate of drug-likeness (QED) is 0.859. The van der Waals surface area contributed by atoms with Crippen molar-refractivity contribution in [2.24, 2.45) is 0 Å². The second kappa shape index (κ2) is 6.49. The zero-order valence-electron chi connectivity index (χ0n) is 11.7. The molecule has 0 spiro atoms. The van der Waals surface area contributed by atoms with Crippen LogP contribution in [0.5, 0.6) is 0 Å². The van der Waals surface area contributed by atoms with Gasteiger partial charge in [0, 0.05) is 22.3 Å². The van der Waals surface area contributed by atoms with Crippen molar-refractivity contribution in [3.63, 3.8) is 0 Å². The molecule has 0 amide bonds. The van der Waals surface area contributed by atoms with Gasteiger partial charge in [-0.3, -0.25) is 4.21 Å². The fraction of sp³-hybridized carbons (Fsp3) is 0.235. The summed E-state index contributed by atoms with van der Waals surface area (Å²) >= 11 is 0. The van der Waals surface area contributed by atoms with Gasteiger partial charge < -0.3 is 0 Å². The van der Waals surface area contributed by atoms with E-state index in [1.165, 1.54) is 11.1 Å². The largest absolute Gasteiger partial charge is 0.259 e. The lowest BCUT2D eigenvalue weighted by Gasteiger charge is -2.06. The summed E-state index contributed by atoms with van der Waals surface area (Å²) < 4.78 is 12.2. The molecular formula is C17H17NOS. The van der Waals surface area contributed by atoms with E-state index in [1.807, 2.05) is 12.1 Å². The maximum atomic E-state index is 12.2. The third kappa shape index (κ3) is 4.04. The lowest BCUT2D eigenvalue weighted by atomic mass is 10.1. The first-order valence-electron chi connectivity index (χ1n) is 6.48. The van der Waals surface area contributed by atoms with E-state index in [-0.39, 0.29) is 0 Å². The molecule has 0 saturated heterocycles. The van der Waals surface area contributed by atoms with Crippen LogP contribution in [0.3, 0.4) is 0 Å². The van der Waals surface area contributed by atoms with Crippen molar-refractivity contribution in [2.45, 2.75) is 25.4 Å². The van der Waals surface area contributed by atoms with Crippen LogP contribution >= 0.6 is 0 Å². The summed E-state index contributed by atoms with van der Waals surface area (Å²) in [6, 6.07) is 15.7. The smallest absolute Gasteiger partial charge is 0.0991 e. The van der Waals surface area contributed by atoms with Crippen LogP contribution in [0, 0.1) is 25.2 Å². The minimum atomic E-state index is -0.958. The summed E-state index contributed by atoms with van der Waals surface area (Å²) in [7, 11) is -0.958. The first kappa shape index (κ1) is 14.5. The molecule has 0 aromatic heterocycles. The second-order valence-corrected chi connectivity index (χ2v) is 6.49. The molecule has 0 aliphatic carbocycles. The van der Waals surface area contributed by atoms with Crippen molar-refractivity contribution in [1.82, 2.24) is 0 Å². The van der Waals surface area contributed by atoms with E-state index in [9.17, 15) is 4.21 Å².